The van der Waals surface area contributed by atoms with Crippen LogP contribution in [0.5, 0.6) is 0 Å². The number of aliphatic hydroxyl groups is 1. The minimum Gasteiger partial charge on any atom is -0.381 e. The molecule has 0 saturated carbocycles. The molecule has 1 aliphatic rings. The van der Waals surface area contributed by atoms with Gasteiger partial charge in [-0.3, -0.25) is 0 Å². The van der Waals surface area contributed by atoms with Gasteiger partial charge in [0.2, 0.25) is 0 Å². The van der Waals surface area contributed by atoms with Crippen molar-refractivity contribution in [1.82, 2.24) is 0 Å². The molecular formula is C18H18O. The molecule has 0 radical (unpaired) electrons. The maximum Gasteiger partial charge on any atom is 0.111 e. The highest BCUT2D eigenvalue weighted by Gasteiger charge is 2.41. The van der Waals surface area contributed by atoms with Crippen molar-refractivity contribution in [3.8, 4) is 0 Å². The van der Waals surface area contributed by atoms with E-state index in [2.05, 4.69) is 37.3 Å². The molecule has 3 rings (SSSR count). The van der Waals surface area contributed by atoms with Crippen LogP contribution in [0.25, 0.3) is 0 Å². The lowest BCUT2D eigenvalue weighted by molar-refractivity contribution is 0.0376. The summed E-state index contributed by atoms with van der Waals surface area (Å²) in [6.07, 6.45) is 4.08. The summed E-state index contributed by atoms with van der Waals surface area (Å²) in [6, 6.07) is 20.3. The topological polar surface area (TPSA) is 20.2 Å². The fourth-order valence-electron chi connectivity index (χ4n) is 2.98. The average molecular weight is 250 g/mol. The van der Waals surface area contributed by atoms with Gasteiger partial charge in [0, 0.05) is 11.8 Å². The van der Waals surface area contributed by atoms with E-state index >= 15 is 0 Å². The lowest BCUT2D eigenvalue weighted by Crippen LogP contribution is -2.30. The van der Waals surface area contributed by atoms with Crippen LogP contribution < -0.4 is 0 Å². The molecule has 0 aliphatic heterocycles. The van der Waals surface area contributed by atoms with Gasteiger partial charge in [-0.1, -0.05) is 79.7 Å². The molecule has 19 heavy (non-hydrogen) atoms. The highest BCUT2D eigenvalue weighted by Crippen LogP contribution is 2.46. The highest BCUT2D eigenvalue weighted by molar-refractivity contribution is 5.38. The highest BCUT2D eigenvalue weighted by atomic mass is 16.3. The van der Waals surface area contributed by atoms with Crippen LogP contribution in [0, 0.1) is 5.92 Å². The van der Waals surface area contributed by atoms with E-state index in [1.165, 1.54) is 5.56 Å². The van der Waals surface area contributed by atoms with Crippen LogP contribution in [0.15, 0.2) is 72.8 Å². The maximum atomic E-state index is 11.0. The van der Waals surface area contributed by atoms with E-state index < -0.39 is 5.60 Å². The van der Waals surface area contributed by atoms with Crippen molar-refractivity contribution >= 4 is 0 Å². The van der Waals surface area contributed by atoms with Gasteiger partial charge in [-0.2, -0.15) is 0 Å². The predicted molar refractivity (Wildman–Crippen MR) is 77.8 cm³/mol. The summed E-state index contributed by atoms with van der Waals surface area (Å²) < 4.78 is 0. The Bertz CT molecular complexity index is 573. The normalized spacial score (nSPS) is 29.6. The quantitative estimate of drug-likeness (QED) is 0.802. The van der Waals surface area contributed by atoms with Gasteiger partial charge in [-0.25, -0.2) is 0 Å². The number of hydrogen-bond donors (Lipinski definition) is 1. The molecule has 0 unspecified atom stereocenters. The second kappa shape index (κ2) is 4.67. The summed E-state index contributed by atoms with van der Waals surface area (Å²) in [4.78, 5) is 0. The van der Waals surface area contributed by atoms with E-state index in [9.17, 15) is 5.11 Å². The van der Waals surface area contributed by atoms with Gasteiger partial charge in [0.05, 0.1) is 0 Å². The van der Waals surface area contributed by atoms with Crippen molar-refractivity contribution in [1.29, 1.82) is 0 Å². The van der Waals surface area contributed by atoms with E-state index in [0.29, 0.717) is 0 Å². The van der Waals surface area contributed by atoms with Crippen molar-refractivity contribution < 1.29 is 5.11 Å². The van der Waals surface area contributed by atoms with Gasteiger partial charge in [0.25, 0.3) is 0 Å². The summed E-state index contributed by atoms with van der Waals surface area (Å²) >= 11 is 0. The van der Waals surface area contributed by atoms with E-state index in [4.69, 9.17) is 0 Å². The van der Waals surface area contributed by atoms with E-state index in [1.807, 2.05) is 42.5 Å². The molecular weight excluding hydrogens is 232 g/mol. The van der Waals surface area contributed by atoms with Crippen LogP contribution in [0.3, 0.4) is 0 Å². The largest absolute Gasteiger partial charge is 0.381 e. The van der Waals surface area contributed by atoms with E-state index in [0.717, 1.165) is 5.56 Å². The molecule has 2 aromatic rings. The molecule has 0 spiro atoms. The first-order valence-corrected chi connectivity index (χ1v) is 6.74. The number of hydrogen-bond acceptors (Lipinski definition) is 1. The molecule has 0 fully saturated rings. The maximum absolute atomic E-state index is 11.0. The Kier molecular flexibility index (Phi) is 3.00. The van der Waals surface area contributed by atoms with Gasteiger partial charge in [0.15, 0.2) is 0 Å². The van der Waals surface area contributed by atoms with Crippen LogP contribution in [-0.2, 0) is 5.60 Å². The third-order valence-corrected chi connectivity index (χ3v) is 4.21. The second-order valence-electron chi connectivity index (χ2n) is 5.28. The Labute approximate surface area is 114 Å². The van der Waals surface area contributed by atoms with Crippen LogP contribution >= 0.6 is 0 Å². The zero-order chi connectivity index (χ0) is 13.3. The van der Waals surface area contributed by atoms with Crippen molar-refractivity contribution in [3.05, 3.63) is 83.9 Å². The molecule has 1 N–H and O–H groups in total. The standard InChI is InChI=1S/C18H18O/c1-14-17(15-8-4-2-5-9-15)12-13-18(14,19)16-10-6-3-7-11-16/h2-14,17,19H,1H3/t14-,17+,18-/m0/s1. The predicted octanol–water partition coefficient (Wildman–Crippen LogP) is 3.86. The van der Waals surface area contributed by atoms with Crippen LogP contribution in [-0.4, -0.2) is 5.11 Å². The molecule has 0 saturated heterocycles. The van der Waals surface area contributed by atoms with Gasteiger partial charge < -0.3 is 5.11 Å². The van der Waals surface area contributed by atoms with Gasteiger partial charge in [0.1, 0.15) is 5.60 Å². The lowest BCUT2D eigenvalue weighted by atomic mass is 9.79. The third-order valence-electron chi connectivity index (χ3n) is 4.21. The fraction of sp³-hybridized carbons (Fsp3) is 0.222. The molecule has 2 aromatic carbocycles. The first-order valence-electron chi connectivity index (χ1n) is 6.74. The van der Waals surface area contributed by atoms with Crippen molar-refractivity contribution in [2.45, 2.75) is 18.4 Å². The molecule has 0 amide bonds. The summed E-state index contributed by atoms with van der Waals surface area (Å²) in [5.74, 6) is 0.406. The van der Waals surface area contributed by atoms with Crippen molar-refractivity contribution in [2.75, 3.05) is 0 Å². The minimum atomic E-state index is -0.859. The van der Waals surface area contributed by atoms with Crippen LogP contribution in [0.4, 0.5) is 0 Å². The van der Waals surface area contributed by atoms with Crippen molar-refractivity contribution in [3.63, 3.8) is 0 Å². The number of benzene rings is 2. The summed E-state index contributed by atoms with van der Waals surface area (Å²) in [7, 11) is 0. The molecule has 0 aromatic heterocycles. The molecule has 0 bridgehead atoms. The lowest BCUT2D eigenvalue weighted by Gasteiger charge is -2.30. The van der Waals surface area contributed by atoms with Crippen LogP contribution in [0.1, 0.15) is 24.0 Å². The summed E-state index contributed by atoms with van der Waals surface area (Å²) in [5.41, 5.74) is 1.37. The zero-order valence-corrected chi connectivity index (χ0v) is 11.0. The Morgan fingerprint density at radius 2 is 1.47 bits per heavy atom. The molecule has 96 valence electrons. The molecule has 1 nitrogen and oxygen atoms in total. The van der Waals surface area contributed by atoms with Gasteiger partial charge in [-0.15, -0.1) is 0 Å². The van der Waals surface area contributed by atoms with E-state index in [-0.39, 0.29) is 11.8 Å². The van der Waals surface area contributed by atoms with Crippen molar-refractivity contribution in [2.24, 2.45) is 5.92 Å². The first-order chi connectivity index (χ1) is 9.22. The fourth-order valence-corrected chi connectivity index (χ4v) is 2.98. The number of rotatable bonds is 2. The SMILES string of the molecule is C[C@H]1[C@H](c2ccccc2)C=C[C@@]1(O)c1ccccc1. The first kappa shape index (κ1) is 12.2. The monoisotopic (exact) mass is 250 g/mol. The summed E-state index contributed by atoms with van der Waals surface area (Å²) in [5, 5.41) is 11.0. The molecule has 3 atom stereocenters. The molecule has 0 heterocycles. The summed E-state index contributed by atoms with van der Waals surface area (Å²) in [6.45, 7) is 2.12. The minimum absolute atomic E-state index is 0.136. The van der Waals surface area contributed by atoms with Gasteiger partial charge >= 0.3 is 0 Å². The van der Waals surface area contributed by atoms with Crippen LogP contribution in [0.2, 0.25) is 0 Å². The Balaban J connectivity index is 1.95. The van der Waals surface area contributed by atoms with Gasteiger partial charge in [-0.05, 0) is 11.1 Å². The Morgan fingerprint density at radius 1 is 0.895 bits per heavy atom. The molecule has 1 aliphatic carbocycles. The Morgan fingerprint density at radius 3 is 2.11 bits per heavy atom. The Hall–Kier alpha value is -1.86. The number of allylic oxidation sites excluding steroid dienone is 1. The average Bonchev–Trinajstić information content (AvgIpc) is 2.78. The second-order valence-corrected chi connectivity index (χ2v) is 5.28. The molecule has 1 heteroatoms. The third kappa shape index (κ3) is 2.00. The van der Waals surface area contributed by atoms with E-state index in [1.54, 1.807) is 0 Å². The smallest absolute Gasteiger partial charge is 0.111 e. The zero-order valence-electron chi connectivity index (χ0n) is 11.0.